The molecule has 0 N–H and O–H groups in total. The number of thioether (sulfide) groups is 1. The van der Waals surface area contributed by atoms with Crippen molar-refractivity contribution in [3.63, 3.8) is 0 Å². The molecule has 0 unspecified atom stereocenters. The third-order valence-electron chi connectivity index (χ3n) is 2.41. The van der Waals surface area contributed by atoms with Crippen molar-refractivity contribution < 1.29 is 4.79 Å². The maximum Gasteiger partial charge on any atom is 0.228 e. The second kappa shape index (κ2) is 5.12. The molecule has 1 atom stereocenters. The average Bonchev–Trinajstić information content (AvgIpc) is 2.47. The van der Waals surface area contributed by atoms with Crippen LogP contribution in [0.2, 0.25) is 0 Å². The third-order valence-corrected chi connectivity index (χ3v) is 3.91. The van der Waals surface area contributed by atoms with Gasteiger partial charge in [-0.15, -0.1) is 0 Å². The van der Waals surface area contributed by atoms with Gasteiger partial charge in [-0.25, -0.2) is 0 Å². The zero-order valence-electron chi connectivity index (χ0n) is 8.95. The fraction of sp³-hybridized carbons (Fsp3) is 0.800. The monoisotopic (exact) mass is 231 g/mol. The molecule has 1 amide bonds. The number of carbonyl (C=O) groups is 1. The highest BCUT2D eigenvalue weighted by Gasteiger charge is 2.34. The molecule has 0 aliphatic carbocycles. The van der Waals surface area contributed by atoms with Gasteiger partial charge in [0.25, 0.3) is 0 Å². The Hall–Kier alpha value is -0.0900. The van der Waals surface area contributed by atoms with Crippen LogP contribution < -0.4 is 0 Å². The standard InChI is InChI=1S/C10H17NOS2/c1-4-5-9(12)11-8(7(2)3)6-14-10(11)13/h7-8H,4-6H2,1-3H3/t8-/m1/s1. The molecule has 80 valence electrons. The maximum absolute atomic E-state index is 11.8. The lowest BCUT2D eigenvalue weighted by Crippen LogP contribution is -2.41. The minimum atomic E-state index is 0.196. The zero-order chi connectivity index (χ0) is 10.7. The lowest BCUT2D eigenvalue weighted by Gasteiger charge is -2.26. The number of rotatable bonds is 3. The fourth-order valence-corrected chi connectivity index (χ4v) is 3.21. The van der Waals surface area contributed by atoms with Crippen LogP contribution in [0.1, 0.15) is 33.6 Å². The van der Waals surface area contributed by atoms with E-state index in [0.717, 1.165) is 16.5 Å². The molecule has 1 aliphatic heterocycles. The average molecular weight is 231 g/mol. The van der Waals surface area contributed by atoms with Crippen molar-refractivity contribution in [2.24, 2.45) is 5.92 Å². The van der Waals surface area contributed by atoms with Gasteiger partial charge in [0.2, 0.25) is 5.91 Å². The molecule has 0 bridgehead atoms. The summed E-state index contributed by atoms with van der Waals surface area (Å²) in [5, 5.41) is 0. The summed E-state index contributed by atoms with van der Waals surface area (Å²) >= 11 is 6.83. The predicted octanol–water partition coefficient (Wildman–Crippen LogP) is 2.67. The lowest BCUT2D eigenvalue weighted by molar-refractivity contribution is -0.128. The van der Waals surface area contributed by atoms with Crippen LogP contribution in [0.15, 0.2) is 0 Å². The Balaban J connectivity index is 2.71. The maximum atomic E-state index is 11.8. The highest BCUT2D eigenvalue weighted by atomic mass is 32.2. The molecule has 0 aromatic rings. The Labute approximate surface area is 95.4 Å². The van der Waals surface area contributed by atoms with E-state index in [9.17, 15) is 4.79 Å². The van der Waals surface area contributed by atoms with Gasteiger partial charge < -0.3 is 0 Å². The van der Waals surface area contributed by atoms with Gasteiger partial charge in [-0.2, -0.15) is 0 Å². The second-order valence-electron chi connectivity index (χ2n) is 3.90. The molecule has 0 saturated carbocycles. The van der Waals surface area contributed by atoms with Gasteiger partial charge in [-0.3, -0.25) is 9.69 Å². The summed E-state index contributed by atoms with van der Waals surface area (Å²) in [4.78, 5) is 13.6. The van der Waals surface area contributed by atoms with E-state index in [-0.39, 0.29) is 5.91 Å². The van der Waals surface area contributed by atoms with Gasteiger partial charge in [0.1, 0.15) is 4.32 Å². The number of thiocarbonyl (C=S) groups is 1. The molecule has 1 rings (SSSR count). The van der Waals surface area contributed by atoms with Crippen LogP contribution >= 0.6 is 24.0 Å². The summed E-state index contributed by atoms with van der Waals surface area (Å²) in [5.41, 5.74) is 0. The van der Waals surface area contributed by atoms with Crippen LogP contribution in [-0.4, -0.2) is 26.9 Å². The van der Waals surface area contributed by atoms with E-state index in [1.54, 1.807) is 11.8 Å². The molecule has 2 nitrogen and oxygen atoms in total. The molecule has 14 heavy (non-hydrogen) atoms. The van der Waals surface area contributed by atoms with Gasteiger partial charge in [0, 0.05) is 18.2 Å². The smallest absolute Gasteiger partial charge is 0.228 e. The third kappa shape index (κ3) is 2.48. The second-order valence-corrected chi connectivity index (χ2v) is 5.56. The van der Waals surface area contributed by atoms with Crippen molar-refractivity contribution >= 4 is 34.2 Å². The highest BCUT2D eigenvalue weighted by molar-refractivity contribution is 8.23. The van der Waals surface area contributed by atoms with Gasteiger partial charge in [0.05, 0.1) is 0 Å². The normalized spacial score (nSPS) is 22.1. The Bertz CT molecular complexity index is 240. The first kappa shape index (κ1) is 12.0. The van der Waals surface area contributed by atoms with Gasteiger partial charge in [0.15, 0.2) is 0 Å². The molecule has 0 aromatic carbocycles. The van der Waals surface area contributed by atoms with Crippen molar-refractivity contribution in [3.8, 4) is 0 Å². The summed E-state index contributed by atoms with van der Waals surface area (Å²) in [7, 11) is 0. The van der Waals surface area contributed by atoms with E-state index in [4.69, 9.17) is 12.2 Å². The van der Waals surface area contributed by atoms with Crippen LogP contribution in [-0.2, 0) is 4.79 Å². The molecule has 4 heteroatoms. The van der Waals surface area contributed by atoms with E-state index in [1.807, 2.05) is 11.8 Å². The predicted molar refractivity (Wildman–Crippen MR) is 65.4 cm³/mol. The summed E-state index contributed by atoms with van der Waals surface area (Å²) in [6.07, 6.45) is 1.51. The van der Waals surface area contributed by atoms with E-state index in [0.29, 0.717) is 18.4 Å². The van der Waals surface area contributed by atoms with Crippen LogP contribution in [0.5, 0.6) is 0 Å². The number of carbonyl (C=O) groups excluding carboxylic acids is 1. The largest absolute Gasteiger partial charge is 0.294 e. The van der Waals surface area contributed by atoms with Crippen LogP contribution in [0.3, 0.4) is 0 Å². The molecular weight excluding hydrogens is 214 g/mol. The molecule has 0 spiro atoms. The summed E-state index contributed by atoms with van der Waals surface area (Å²) in [6.45, 7) is 6.31. The highest BCUT2D eigenvalue weighted by Crippen LogP contribution is 2.29. The molecule has 1 aliphatic rings. The fourth-order valence-electron chi connectivity index (χ4n) is 1.55. The molecule has 1 heterocycles. The summed E-state index contributed by atoms with van der Waals surface area (Å²) in [5.74, 6) is 1.65. The minimum Gasteiger partial charge on any atom is -0.294 e. The molecule has 0 aromatic heterocycles. The van der Waals surface area contributed by atoms with E-state index < -0.39 is 0 Å². The van der Waals surface area contributed by atoms with Crippen molar-refractivity contribution in [2.45, 2.75) is 39.7 Å². The molecule has 1 fully saturated rings. The summed E-state index contributed by atoms with van der Waals surface area (Å²) < 4.78 is 0.766. The van der Waals surface area contributed by atoms with Crippen molar-refractivity contribution in [3.05, 3.63) is 0 Å². The number of amides is 1. The van der Waals surface area contributed by atoms with Crippen molar-refractivity contribution in [2.75, 3.05) is 5.75 Å². The summed E-state index contributed by atoms with van der Waals surface area (Å²) in [6, 6.07) is 0.312. The first-order chi connectivity index (χ1) is 6.57. The van der Waals surface area contributed by atoms with Gasteiger partial charge >= 0.3 is 0 Å². The number of hydrogen-bond donors (Lipinski definition) is 0. The van der Waals surface area contributed by atoms with Crippen LogP contribution in [0.4, 0.5) is 0 Å². The molecular formula is C10H17NOS2. The van der Waals surface area contributed by atoms with Crippen molar-refractivity contribution in [1.82, 2.24) is 4.90 Å². The molecule has 1 saturated heterocycles. The van der Waals surface area contributed by atoms with Gasteiger partial charge in [-0.05, 0) is 12.3 Å². The SMILES string of the molecule is CCCC(=O)N1C(=S)SC[C@@H]1C(C)C. The topological polar surface area (TPSA) is 20.3 Å². The Kier molecular flexibility index (Phi) is 4.38. The quantitative estimate of drug-likeness (QED) is 0.697. The Morgan fingerprint density at radius 2 is 2.36 bits per heavy atom. The van der Waals surface area contributed by atoms with Crippen molar-refractivity contribution in [1.29, 1.82) is 0 Å². The van der Waals surface area contributed by atoms with E-state index in [2.05, 4.69) is 13.8 Å². The van der Waals surface area contributed by atoms with Crippen LogP contribution in [0, 0.1) is 5.92 Å². The minimum absolute atomic E-state index is 0.196. The van der Waals surface area contributed by atoms with E-state index in [1.165, 1.54) is 0 Å². The lowest BCUT2D eigenvalue weighted by atomic mass is 10.0. The van der Waals surface area contributed by atoms with Gasteiger partial charge in [-0.1, -0.05) is 44.8 Å². The first-order valence-corrected chi connectivity index (χ1v) is 6.46. The number of hydrogen-bond acceptors (Lipinski definition) is 3. The zero-order valence-corrected chi connectivity index (χ0v) is 10.6. The van der Waals surface area contributed by atoms with Crippen LogP contribution in [0.25, 0.3) is 0 Å². The Morgan fingerprint density at radius 1 is 1.71 bits per heavy atom. The Morgan fingerprint density at radius 3 is 2.86 bits per heavy atom. The molecule has 0 radical (unpaired) electrons. The number of nitrogens with zero attached hydrogens (tertiary/aromatic N) is 1. The first-order valence-electron chi connectivity index (χ1n) is 5.06. The van der Waals surface area contributed by atoms with E-state index >= 15 is 0 Å².